The summed E-state index contributed by atoms with van der Waals surface area (Å²) in [5.41, 5.74) is 6.39. The maximum Gasteiger partial charge on any atom is 0.278 e. The van der Waals surface area contributed by atoms with E-state index in [9.17, 15) is 9.59 Å². The Balaban J connectivity index is 1.76. The molecule has 2 amide bonds. The standard InChI is InChI=1S/C25H23N3O2/c1-16-4-8-21(9-5-16)27-23-22(20-7-6-17(2)18(3)14-20)24(29)28(25(23)30)15-19-10-12-26-13-11-19/h4-14,27H,15H2,1-3H3. The van der Waals surface area contributed by atoms with Crippen LogP contribution in [0.15, 0.2) is 72.7 Å². The Morgan fingerprint density at radius 2 is 1.53 bits per heavy atom. The van der Waals surface area contributed by atoms with Crippen LogP contribution < -0.4 is 5.32 Å². The lowest BCUT2D eigenvalue weighted by Crippen LogP contribution is -2.32. The van der Waals surface area contributed by atoms with Crippen molar-refractivity contribution in [1.29, 1.82) is 0 Å². The summed E-state index contributed by atoms with van der Waals surface area (Å²) in [7, 11) is 0. The number of carbonyl (C=O) groups is 2. The monoisotopic (exact) mass is 397 g/mol. The Labute approximate surface area is 176 Å². The van der Waals surface area contributed by atoms with E-state index in [1.54, 1.807) is 12.4 Å². The van der Waals surface area contributed by atoms with Gasteiger partial charge in [0, 0.05) is 18.1 Å². The number of aromatic nitrogens is 1. The predicted octanol–water partition coefficient (Wildman–Crippen LogP) is 4.40. The molecule has 0 unspecified atom stereocenters. The van der Waals surface area contributed by atoms with E-state index >= 15 is 0 Å². The molecule has 0 bridgehead atoms. The average Bonchev–Trinajstić information content (AvgIpc) is 2.97. The molecule has 4 rings (SSSR count). The molecule has 1 aliphatic heterocycles. The maximum absolute atomic E-state index is 13.4. The zero-order valence-electron chi connectivity index (χ0n) is 17.3. The molecule has 1 aromatic heterocycles. The first-order valence-electron chi connectivity index (χ1n) is 9.85. The Morgan fingerprint density at radius 3 is 2.20 bits per heavy atom. The van der Waals surface area contributed by atoms with E-state index < -0.39 is 0 Å². The van der Waals surface area contributed by atoms with Crippen molar-refractivity contribution < 1.29 is 9.59 Å². The number of carbonyl (C=O) groups excluding carboxylic acids is 2. The van der Waals surface area contributed by atoms with Gasteiger partial charge in [-0.05, 0) is 67.3 Å². The van der Waals surface area contributed by atoms with E-state index in [1.165, 1.54) is 4.90 Å². The van der Waals surface area contributed by atoms with Gasteiger partial charge in [0.15, 0.2) is 0 Å². The Kier molecular flexibility index (Phi) is 5.19. The summed E-state index contributed by atoms with van der Waals surface area (Å²) in [6, 6.07) is 17.2. The SMILES string of the molecule is Cc1ccc(NC2=C(c3ccc(C)c(C)c3)C(=O)N(Cc3ccncc3)C2=O)cc1. The lowest BCUT2D eigenvalue weighted by atomic mass is 9.99. The third-order valence-electron chi connectivity index (χ3n) is 5.37. The molecule has 0 spiro atoms. The van der Waals surface area contributed by atoms with Crippen molar-refractivity contribution >= 4 is 23.1 Å². The van der Waals surface area contributed by atoms with Crippen LogP contribution in [0.1, 0.15) is 27.8 Å². The summed E-state index contributed by atoms with van der Waals surface area (Å²) in [5.74, 6) is -0.625. The van der Waals surface area contributed by atoms with Crippen molar-refractivity contribution in [2.24, 2.45) is 0 Å². The number of aryl methyl sites for hydroxylation is 3. The summed E-state index contributed by atoms with van der Waals surface area (Å²) < 4.78 is 0. The summed E-state index contributed by atoms with van der Waals surface area (Å²) in [4.78, 5) is 32.0. The molecular weight excluding hydrogens is 374 g/mol. The van der Waals surface area contributed by atoms with Crippen LogP contribution in [0.5, 0.6) is 0 Å². The predicted molar refractivity (Wildman–Crippen MR) is 117 cm³/mol. The highest BCUT2D eigenvalue weighted by molar-refractivity contribution is 6.36. The molecule has 150 valence electrons. The van der Waals surface area contributed by atoms with Gasteiger partial charge in [-0.1, -0.05) is 35.9 Å². The number of imide groups is 1. The number of anilines is 1. The molecule has 0 radical (unpaired) electrons. The van der Waals surface area contributed by atoms with E-state index in [4.69, 9.17) is 0 Å². The number of amides is 2. The summed E-state index contributed by atoms with van der Waals surface area (Å²) >= 11 is 0. The molecule has 5 heteroatoms. The first kappa shape index (κ1) is 19.6. The van der Waals surface area contributed by atoms with Crippen molar-refractivity contribution in [3.8, 4) is 0 Å². The molecule has 30 heavy (non-hydrogen) atoms. The first-order chi connectivity index (χ1) is 14.4. The highest BCUT2D eigenvalue weighted by Crippen LogP contribution is 2.32. The van der Waals surface area contributed by atoms with Gasteiger partial charge in [-0.15, -0.1) is 0 Å². The fraction of sp³-hybridized carbons (Fsp3) is 0.160. The largest absolute Gasteiger partial charge is 0.350 e. The van der Waals surface area contributed by atoms with Crippen LogP contribution in [0, 0.1) is 20.8 Å². The third-order valence-corrected chi connectivity index (χ3v) is 5.37. The number of rotatable bonds is 5. The lowest BCUT2D eigenvalue weighted by Gasteiger charge is -2.15. The number of nitrogens with zero attached hydrogens (tertiary/aromatic N) is 2. The number of hydrogen-bond donors (Lipinski definition) is 1. The van der Waals surface area contributed by atoms with Crippen LogP contribution in [-0.2, 0) is 16.1 Å². The quantitative estimate of drug-likeness (QED) is 0.648. The molecule has 3 aromatic rings. The molecule has 2 aromatic carbocycles. The molecule has 1 N–H and O–H groups in total. The summed E-state index contributed by atoms with van der Waals surface area (Å²) in [6.07, 6.45) is 3.31. The highest BCUT2D eigenvalue weighted by atomic mass is 16.2. The van der Waals surface area contributed by atoms with Crippen molar-refractivity contribution in [2.45, 2.75) is 27.3 Å². The average molecular weight is 397 g/mol. The van der Waals surface area contributed by atoms with Gasteiger partial charge in [-0.25, -0.2) is 0 Å². The van der Waals surface area contributed by atoms with Gasteiger partial charge in [-0.3, -0.25) is 19.5 Å². The van der Waals surface area contributed by atoms with Crippen LogP contribution in [0.2, 0.25) is 0 Å². The van der Waals surface area contributed by atoms with Gasteiger partial charge < -0.3 is 5.32 Å². The fourth-order valence-corrected chi connectivity index (χ4v) is 3.45. The van der Waals surface area contributed by atoms with E-state index in [0.29, 0.717) is 11.3 Å². The van der Waals surface area contributed by atoms with Crippen molar-refractivity contribution in [1.82, 2.24) is 9.88 Å². The molecule has 0 fully saturated rings. The zero-order valence-corrected chi connectivity index (χ0v) is 17.3. The summed E-state index contributed by atoms with van der Waals surface area (Å²) in [6.45, 7) is 6.23. The number of nitrogens with one attached hydrogen (secondary N) is 1. The lowest BCUT2D eigenvalue weighted by molar-refractivity contribution is -0.137. The minimum absolute atomic E-state index is 0.202. The van der Waals surface area contributed by atoms with Crippen LogP contribution in [0.25, 0.3) is 5.57 Å². The molecular formula is C25H23N3O2. The van der Waals surface area contributed by atoms with Crippen LogP contribution in [0.3, 0.4) is 0 Å². The minimum Gasteiger partial charge on any atom is -0.350 e. The minimum atomic E-state index is -0.328. The van der Waals surface area contributed by atoms with Gasteiger partial charge in [0.2, 0.25) is 0 Å². The van der Waals surface area contributed by atoms with Crippen molar-refractivity contribution in [3.63, 3.8) is 0 Å². The molecule has 0 saturated carbocycles. The fourth-order valence-electron chi connectivity index (χ4n) is 3.45. The van der Waals surface area contributed by atoms with Gasteiger partial charge in [0.1, 0.15) is 5.70 Å². The van der Waals surface area contributed by atoms with Crippen molar-refractivity contribution in [2.75, 3.05) is 5.32 Å². The highest BCUT2D eigenvalue weighted by Gasteiger charge is 2.39. The van der Waals surface area contributed by atoms with Gasteiger partial charge in [-0.2, -0.15) is 0 Å². The third kappa shape index (κ3) is 3.74. The van der Waals surface area contributed by atoms with Crippen LogP contribution in [-0.4, -0.2) is 21.7 Å². The normalized spacial score (nSPS) is 13.9. The Bertz CT molecular complexity index is 1150. The molecule has 0 aliphatic carbocycles. The van der Waals surface area contributed by atoms with E-state index in [1.807, 2.05) is 75.4 Å². The summed E-state index contributed by atoms with van der Waals surface area (Å²) in [5, 5.41) is 3.20. The molecule has 0 atom stereocenters. The molecule has 2 heterocycles. The second kappa shape index (κ2) is 7.95. The number of hydrogen-bond acceptors (Lipinski definition) is 4. The Hall–Kier alpha value is -3.73. The van der Waals surface area contributed by atoms with E-state index in [-0.39, 0.29) is 18.4 Å². The Morgan fingerprint density at radius 1 is 0.833 bits per heavy atom. The van der Waals surface area contributed by atoms with E-state index in [2.05, 4.69) is 10.3 Å². The second-order valence-corrected chi connectivity index (χ2v) is 7.59. The smallest absolute Gasteiger partial charge is 0.278 e. The second-order valence-electron chi connectivity index (χ2n) is 7.59. The number of pyridine rings is 1. The van der Waals surface area contributed by atoms with Crippen molar-refractivity contribution in [3.05, 3.63) is 101 Å². The molecule has 0 saturated heterocycles. The number of benzene rings is 2. The maximum atomic E-state index is 13.4. The topological polar surface area (TPSA) is 62.3 Å². The van der Waals surface area contributed by atoms with Crippen LogP contribution >= 0.6 is 0 Å². The van der Waals surface area contributed by atoms with Gasteiger partial charge in [0.25, 0.3) is 11.8 Å². The van der Waals surface area contributed by atoms with Gasteiger partial charge in [0.05, 0.1) is 12.1 Å². The van der Waals surface area contributed by atoms with Gasteiger partial charge >= 0.3 is 0 Å². The molecule has 5 nitrogen and oxygen atoms in total. The van der Waals surface area contributed by atoms with E-state index in [0.717, 1.165) is 33.5 Å². The zero-order chi connectivity index (χ0) is 21.3. The van der Waals surface area contributed by atoms with Crippen LogP contribution in [0.4, 0.5) is 5.69 Å². The first-order valence-corrected chi connectivity index (χ1v) is 9.85. The molecule has 1 aliphatic rings.